The van der Waals surface area contributed by atoms with Crippen molar-refractivity contribution in [1.29, 1.82) is 0 Å². The van der Waals surface area contributed by atoms with Crippen LogP contribution >= 0.6 is 0 Å². The van der Waals surface area contributed by atoms with E-state index in [2.05, 4.69) is 36.3 Å². The quantitative estimate of drug-likeness (QED) is 0.346. The fraction of sp³-hybridized carbons (Fsp3) is 0.576. The molecule has 2 unspecified atom stereocenters. The maximum Gasteiger partial charge on any atom is 0.325 e. The molecular formula is C33H45N3O6. The van der Waals surface area contributed by atoms with Gasteiger partial charge in [0.25, 0.3) is 0 Å². The lowest BCUT2D eigenvalue weighted by molar-refractivity contribution is -0.253. The highest BCUT2D eigenvalue weighted by atomic mass is 16.7. The number of carbonyl (C=O) groups is 2. The number of hydrogen-bond acceptors (Lipinski definition) is 7. The average molecular weight is 580 g/mol. The number of ether oxygens (including phenoxy) is 3. The first-order chi connectivity index (χ1) is 20.0. The molecule has 3 N–H and O–H groups in total. The summed E-state index contributed by atoms with van der Waals surface area (Å²) in [6, 6.07) is 15.4. The van der Waals surface area contributed by atoms with Gasteiger partial charge >= 0.3 is 12.0 Å². The van der Waals surface area contributed by atoms with Crippen molar-refractivity contribution >= 4 is 17.7 Å². The van der Waals surface area contributed by atoms with Crippen molar-refractivity contribution in [2.75, 3.05) is 31.6 Å². The van der Waals surface area contributed by atoms with Crippen LogP contribution in [0.15, 0.2) is 48.5 Å². The molecule has 9 nitrogen and oxygen atoms in total. The maximum absolute atomic E-state index is 12.2. The molecule has 2 amide bonds. The zero-order valence-corrected chi connectivity index (χ0v) is 25.2. The number of fused-ring (bicyclic) bond motifs is 2. The van der Waals surface area contributed by atoms with E-state index in [1.165, 1.54) is 19.3 Å². The van der Waals surface area contributed by atoms with Gasteiger partial charge in [0.2, 0.25) is 0 Å². The molecule has 2 aliphatic heterocycles. The first kappa shape index (κ1) is 30.5. The van der Waals surface area contributed by atoms with E-state index >= 15 is 0 Å². The van der Waals surface area contributed by atoms with Crippen LogP contribution in [0.1, 0.15) is 82.5 Å². The second-order valence-corrected chi connectivity index (χ2v) is 13.2. The zero-order chi connectivity index (χ0) is 29.9. The van der Waals surface area contributed by atoms with Gasteiger partial charge in [-0.2, -0.15) is 0 Å². The Balaban J connectivity index is 1.28. The Hall–Kier alpha value is -2.98. The number of aliphatic hydroxyl groups is 1. The van der Waals surface area contributed by atoms with Crippen molar-refractivity contribution in [3.8, 4) is 0 Å². The fourth-order valence-electron chi connectivity index (χ4n) is 7.35. The number of esters is 1. The van der Waals surface area contributed by atoms with Crippen molar-refractivity contribution in [2.24, 2.45) is 10.8 Å². The summed E-state index contributed by atoms with van der Waals surface area (Å²) >= 11 is 0. The third kappa shape index (κ3) is 7.50. The van der Waals surface area contributed by atoms with Gasteiger partial charge in [-0.15, -0.1) is 0 Å². The monoisotopic (exact) mass is 579 g/mol. The third-order valence-electron chi connectivity index (χ3n) is 8.72. The first-order valence-electron chi connectivity index (χ1n) is 15.1. The van der Waals surface area contributed by atoms with Gasteiger partial charge in [0.15, 0.2) is 6.29 Å². The molecule has 2 aromatic carbocycles. The predicted molar refractivity (Wildman–Crippen MR) is 160 cm³/mol. The van der Waals surface area contributed by atoms with Crippen molar-refractivity contribution in [2.45, 2.75) is 84.5 Å². The van der Waals surface area contributed by atoms with E-state index in [0.29, 0.717) is 22.6 Å². The standard InChI is InChI=1S/C33H45N3O6/c1-5-40-29(38)17-34-31(39)35-25-12-10-24(11-13-25)30-41-27(14-28(42-30)23-8-6-22(19-37)7-9-23)18-36-21-33(4)16-26(36)15-32(2,3)20-33/h6-13,26-28,30,37H,5,14-21H2,1-4H3,(H2,34,35,39)/t26?,27-,28+,30+,33?/m0/s1. The molecule has 0 aromatic heterocycles. The lowest BCUT2D eigenvalue weighted by Crippen LogP contribution is -2.42. The summed E-state index contributed by atoms with van der Waals surface area (Å²) in [6.07, 6.45) is 3.74. The van der Waals surface area contributed by atoms with Crippen molar-refractivity contribution in [3.05, 3.63) is 65.2 Å². The Morgan fingerprint density at radius 2 is 1.74 bits per heavy atom. The molecule has 2 saturated heterocycles. The Bertz CT molecular complexity index is 1230. The minimum absolute atomic E-state index is 0.00681. The molecule has 5 atom stereocenters. The molecule has 1 aliphatic carbocycles. The van der Waals surface area contributed by atoms with E-state index in [1.54, 1.807) is 19.1 Å². The number of amides is 2. The lowest BCUT2D eigenvalue weighted by Gasteiger charge is -2.41. The third-order valence-corrected chi connectivity index (χ3v) is 8.72. The van der Waals surface area contributed by atoms with Crippen LogP contribution in [0.4, 0.5) is 10.5 Å². The molecule has 0 spiro atoms. The van der Waals surface area contributed by atoms with E-state index in [0.717, 1.165) is 36.2 Å². The summed E-state index contributed by atoms with van der Waals surface area (Å²) < 4.78 is 18.0. The molecule has 1 saturated carbocycles. The molecule has 0 radical (unpaired) electrons. The van der Waals surface area contributed by atoms with Crippen molar-refractivity contribution in [1.82, 2.24) is 10.2 Å². The van der Waals surface area contributed by atoms with Gasteiger partial charge in [-0.25, -0.2) is 4.79 Å². The Kier molecular flexibility index (Phi) is 9.23. The highest BCUT2D eigenvalue weighted by molar-refractivity contribution is 5.91. The largest absolute Gasteiger partial charge is 0.465 e. The van der Waals surface area contributed by atoms with Gasteiger partial charge < -0.3 is 30.0 Å². The number of nitrogens with one attached hydrogen (secondary N) is 2. The Morgan fingerprint density at radius 3 is 2.43 bits per heavy atom. The van der Waals surface area contributed by atoms with Gasteiger partial charge in [-0.05, 0) is 60.3 Å². The molecule has 9 heteroatoms. The smallest absolute Gasteiger partial charge is 0.325 e. The topological polar surface area (TPSA) is 109 Å². The van der Waals surface area contributed by atoms with E-state index in [9.17, 15) is 14.7 Å². The Morgan fingerprint density at radius 1 is 1.02 bits per heavy atom. The van der Waals surface area contributed by atoms with Gasteiger partial charge in [-0.1, -0.05) is 57.2 Å². The Labute approximate surface area is 248 Å². The number of rotatable bonds is 9. The average Bonchev–Trinajstić information content (AvgIpc) is 3.19. The van der Waals surface area contributed by atoms with Crippen LogP contribution in [0.2, 0.25) is 0 Å². The van der Waals surface area contributed by atoms with Gasteiger partial charge in [0.1, 0.15) is 6.54 Å². The summed E-state index contributed by atoms with van der Waals surface area (Å²) in [5.74, 6) is -0.486. The molecule has 3 fully saturated rings. The molecule has 228 valence electrons. The second-order valence-electron chi connectivity index (χ2n) is 13.2. The van der Waals surface area contributed by atoms with E-state index < -0.39 is 18.3 Å². The number of aliphatic hydroxyl groups excluding tert-OH is 1. The maximum atomic E-state index is 12.2. The van der Waals surface area contributed by atoms with Gasteiger partial charge in [0, 0.05) is 36.8 Å². The van der Waals surface area contributed by atoms with Crippen LogP contribution < -0.4 is 10.6 Å². The number of anilines is 1. The first-order valence-corrected chi connectivity index (χ1v) is 15.1. The van der Waals surface area contributed by atoms with Crippen LogP contribution in [0.3, 0.4) is 0 Å². The van der Waals surface area contributed by atoms with Crippen LogP contribution in [0.5, 0.6) is 0 Å². The van der Waals surface area contributed by atoms with Crippen molar-refractivity contribution in [3.63, 3.8) is 0 Å². The molecule has 2 aromatic rings. The molecule has 3 aliphatic rings. The van der Waals surface area contributed by atoms with Gasteiger partial charge in [0.05, 0.1) is 25.4 Å². The van der Waals surface area contributed by atoms with Crippen LogP contribution in [-0.4, -0.2) is 60.4 Å². The van der Waals surface area contributed by atoms with Crippen molar-refractivity contribution < 1.29 is 28.9 Å². The normalized spacial score (nSPS) is 28.7. The summed E-state index contributed by atoms with van der Waals surface area (Å²) in [5.41, 5.74) is 4.09. The van der Waals surface area contributed by atoms with E-state index in [4.69, 9.17) is 14.2 Å². The highest BCUT2D eigenvalue weighted by Crippen LogP contribution is 2.53. The number of benzene rings is 2. The number of nitrogens with zero attached hydrogens (tertiary/aromatic N) is 1. The lowest BCUT2D eigenvalue weighted by atomic mass is 9.65. The van der Waals surface area contributed by atoms with Crippen LogP contribution in [0, 0.1) is 10.8 Å². The van der Waals surface area contributed by atoms with Crippen LogP contribution in [0.25, 0.3) is 0 Å². The van der Waals surface area contributed by atoms with E-state index in [-0.39, 0.29) is 32.0 Å². The minimum atomic E-state index is -0.563. The van der Waals surface area contributed by atoms with Gasteiger partial charge in [-0.3, -0.25) is 9.69 Å². The summed E-state index contributed by atoms with van der Waals surface area (Å²) in [6.45, 7) is 11.0. The molecule has 42 heavy (non-hydrogen) atoms. The summed E-state index contributed by atoms with van der Waals surface area (Å²) in [5, 5.41) is 14.7. The molecule has 2 heterocycles. The predicted octanol–water partition coefficient (Wildman–Crippen LogP) is 5.31. The summed E-state index contributed by atoms with van der Waals surface area (Å²) in [4.78, 5) is 26.4. The SMILES string of the molecule is CCOC(=O)CNC(=O)Nc1ccc([C@@H]2O[C@H](CN3CC4(C)CC3CC(C)(C)C4)C[C@H](c3ccc(CO)cc3)O2)cc1. The number of hydrogen-bond donors (Lipinski definition) is 3. The molecule has 5 rings (SSSR count). The minimum Gasteiger partial charge on any atom is -0.465 e. The zero-order valence-electron chi connectivity index (χ0n) is 25.2. The van der Waals surface area contributed by atoms with Crippen LogP contribution in [-0.2, 0) is 25.6 Å². The molecular weight excluding hydrogens is 534 g/mol. The number of carbonyl (C=O) groups excluding carboxylic acids is 2. The highest BCUT2D eigenvalue weighted by Gasteiger charge is 2.50. The van der Waals surface area contributed by atoms with E-state index in [1.807, 2.05) is 36.4 Å². The molecule has 2 bridgehead atoms. The second kappa shape index (κ2) is 12.7. The number of likely N-dealkylation sites (tertiary alicyclic amines) is 1. The summed E-state index contributed by atoms with van der Waals surface area (Å²) in [7, 11) is 0. The fourth-order valence-corrected chi connectivity index (χ4v) is 7.35. The number of urea groups is 1.